The van der Waals surface area contributed by atoms with Gasteiger partial charge in [0, 0.05) is 31.7 Å². The molecule has 2 atom stereocenters. The van der Waals surface area contributed by atoms with Crippen molar-refractivity contribution in [3.63, 3.8) is 0 Å². The Morgan fingerprint density at radius 3 is 2.67 bits per heavy atom. The first kappa shape index (κ1) is 15.9. The van der Waals surface area contributed by atoms with Crippen molar-refractivity contribution in [2.24, 2.45) is 5.41 Å². The minimum Gasteiger partial charge on any atom is -0.378 e. The van der Waals surface area contributed by atoms with Crippen LogP contribution in [0, 0.1) is 5.41 Å². The van der Waals surface area contributed by atoms with Crippen molar-refractivity contribution < 1.29 is 4.74 Å². The lowest BCUT2D eigenvalue weighted by Crippen LogP contribution is -2.51. The van der Waals surface area contributed by atoms with Crippen LogP contribution in [-0.2, 0) is 4.74 Å². The Balaban J connectivity index is 2.53. The second-order valence-electron chi connectivity index (χ2n) is 6.31. The molecule has 1 fully saturated rings. The van der Waals surface area contributed by atoms with Gasteiger partial charge in [0.2, 0.25) is 0 Å². The van der Waals surface area contributed by atoms with Crippen molar-refractivity contribution in [1.82, 2.24) is 10.2 Å². The maximum absolute atomic E-state index is 5.59. The number of nitrogens with zero attached hydrogens (tertiary/aromatic N) is 1. The van der Waals surface area contributed by atoms with Gasteiger partial charge in [-0.15, -0.1) is 0 Å². The van der Waals surface area contributed by atoms with Crippen molar-refractivity contribution in [1.29, 1.82) is 0 Å². The zero-order chi connectivity index (χ0) is 13.6. The van der Waals surface area contributed by atoms with E-state index in [1.54, 1.807) is 0 Å². The Morgan fingerprint density at radius 1 is 1.39 bits per heavy atom. The molecule has 1 saturated heterocycles. The van der Waals surface area contributed by atoms with Gasteiger partial charge < -0.3 is 10.1 Å². The monoisotopic (exact) mass is 256 g/mol. The van der Waals surface area contributed by atoms with Gasteiger partial charge in [-0.05, 0) is 18.3 Å². The molecule has 1 aliphatic rings. The summed E-state index contributed by atoms with van der Waals surface area (Å²) in [5, 5.41) is 3.60. The lowest BCUT2D eigenvalue weighted by atomic mass is 9.85. The van der Waals surface area contributed by atoms with Gasteiger partial charge in [-0.2, -0.15) is 0 Å². The van der Waals surface area contributed by atoms with Crippen LogP contribution in [0.4, 0.5) is 0 Å². The van der Waals surface area contributed by atoms with Crippen LogP contribution in [0.25, 0.3) is 0 Å². The van der Waals surface area contributed by atoms with Crippen LogP contribution in [0.2, 0.25) is 0 Å². The summed E-state index contributed by atoms with van der Waals surface area (Å²) in [6.45, 7) is 16.6. The van der Waals surface area contributed by atoms with Gasteiger partial charge in [0.1, 0.15) is 0 Å². The summed E-state index contributed by atoms with van der Waals surface area (Å²) in [5.74, 6) is 0. The number of morpholine rings is 1. The highest BCUT2D eigenvalue weighted by Gasteiger charge is 2.30. The first-order chi connectivity index (χ1) is 8.50. The number of ether oxygens (including phenoxy) is 1. The minimum absolute atomic E-state index is 0.370. The molecule has 0 spiro atoms. The second-order valence-corrected chi connectivity index (χ2v) is 6.31. The van der Waals surface area contributed by atoms with E-state index in [1.165, 1.54) is 19.4 Å². The van der Waals surface area contributed by atoms with Gasteiger partial charge in [-0.1, -0.05) is 34.6 Å². The van der Waals surface area contributed by atoms with E-state index in [0.717, 1.165) is 26.3 Å². The van der Waals surface area contributed by atoms with Gasteiger partial charge >= 0.3 is 0 Å². The van der Waals surface area contributed by atoms with E-state index in [1.807, 2.05) is 0 Å². The van der Waals surface area contributed by atoms with Crippen LogP contribution in [-0.4, -0.2) is 49.8 Å². The fourth-order valence-electron chi connectivity index (χ4n) is 2.51. The highest BCUT2D eigenvalue weighted by atomic mass is 16.5. The Hall–Kier alpha value is -0.120. The van der Waals surface area contributed by atoms with Crippen LogP contribution in [0.3, 0.4) is 0 Å². The molecule has 0 amide bonds. The minimum atomic E-state index is 0.370. The van der Waals surface area contributed by atoms with E-state index in [2.05, 4.69) is 44.8 Å². The van der Waals surface area contributed by atoms with Crippen LogP contribution in [0.1, 0.15) is 47.5 Å². The zero-order valence-electron chi connectivity index (χ0n) is 13.0. The van der Waals surface area contributed by atoms with E-state index >= 15 is 0 Å². The third kappa shape index (κ3) is 4.87. The van der Waals surface area contributed by atoms with Gasteiger partial charge in [0.15, 0.2) is 0 Å². The molecule has 3 nitrogen and oxygen atoms in total. The fraction of sp³-hybridized carbons (Fsp3) is 1.00. The van der Waals surface area contributed by atoms with E-state index < -0.39 is 0 Å². The molecule has 0 aromatic rings. The average molecular weight is 256 g/mol. The lowest BCUT2D eigenvalue weighted by Gasteiger charge is -2.41. The largest absolute Gasteiger partial charge is 0.378 e. The standard InChI is InChI=1S/C15H32N2O/c1-6-14-10-18-9-8-17(14)12-15(5,7-2)11-16-13(3)4/h13-14,16H,6-12H2,1-5H3. The summed E-state index contributed by atoms with van der Waals surface area (Å²) in [5.41, 5.74) is 0.370. The van der Waals surface area contributed by atoms with Gasteiger partial charge in [0.25, 0.3) is 0 Å². The Bertz CT molecular complexity index is 233. The average Bonchev–Trinajstić information content (AvgIpc) is 2.37. The Kier molecular flexibility index (Phi) is 6.61. The SMILES string of the molecule is CCC1COCCN1CC(C)(CC)CNC(C)C. The summed E-state index contributed by atoms with van der Waals surface area (Å²) in [6, 6.07) is 1.19. The molecule has 3 heteroatoms. The van der Waals surface area contributed by atoms with E-state index in [4.69, 9.17) is 4.74 Å². The number of nitrogens with one attached hydrogen (secondary N) is 1. The summed E-state index contributed by atoms with van der Waals surface area (Å²) < 4.78 is 5.59. The van der Waals surface area contributed by atoms with Gasteiger partial charge in [-0.25, -0.2) is 0 Å². The molecule has 0 bridgehead atoms. The molecule has 2 unspecified atom stereocenters. The van der Waals surface area contributed by atoms with Crippen LogP contribution < -0.4 is 5.32 Å². The molecule has 108 valence electrons. The zero-order valence-corrected chi connectivity index (χ0v) is 13.0. The van der Waals surface area contributed by atoms with Crippen molar-refractivity contribution >= 4 is 0 Å². The predicted octanol–water partition coefficient (Wildman–Crippen LogP) is 2.51. The second kappa shape index (κ2) is 7.46. The van der Waals surface area contributed by atoms with Crippen LogP contribution in [0.5, 0.6) is 0 Å². The highest BCUT2D eigenvalue weighted by Crippen LogP contribution is 2.24. The Labute approximate surface area is 113 Å². The highest BCUT2D eigenvalue weighted by molar-refractivity contribution is 4.84. The maximum Gasteiger partial charge on any atom is 0.0622 e. The van der Waals surface area contributed by atoms with Crippen LogP contribution in [0.15, 0.2) is 0 Å². The quantitative estimate of drug-likeness (QED) is 0.757. The molecule has 1 rings (SSSR count). The molecule has 18 heavy (non-hydrogen) atoms. The summed E-state index contributed by atoms with van der Waals surface area (Å²) in [4.78, 5) is 2.63. The molecule has 1 aliphatic heterocycles. The topological polar surface area (TPSA) is 24.5 Å². The Morgan fingerprint density at radius 2 is 2.11 bits per heavy atom. The van der Waals surface area contributed by atoms with E-state index in [9.17, 15) is 0 Å². The summed E-state index contributed by atoms with van der Waals surface area (Å²) in [6.07, 6.45) is 2.41. The molecular weight excluding hydrogens is 224 g/mol. The molecular formula is C15H32N2O. The molecule has 0 aliphatic carbocycles. The van der Waals surface area contributed by atoms with Crippen molar-refractivity contribution in [2.75, 3.05) is 32.8 Å². The lowest BCUT2D eigenvalue weighted by molar-refractivity contribution is -0.0266. The number of hydrogen-bond donors (Lipinski definition) is 1. The summed E-state index contributed by atoms with van der Waals surface area (Å²) in [7, 11) is 0. The molecule has 0 aromatic heterocycles. The van der Waals surface area contributed by atoms with Gasteiger partial charge in [-0.3, -0.25) is 4.90 Å². The first-order valence-corrected chi connectivity index (χ1v) is 7.56. The van der Waals surface area contributed by atoms with E-state index in [-0.39, 0.29) is 0 Å². The van der Waals surface area contributed by atoms with Crippen molar-refractivity contribution in [2.45, 2.75) is 59.5 Å². The maximum atomic E-state index is 5.59. The summed E-state index contributed by atoms with van der Waals surface area (Å²) >= 11 is 0. The number of rotatable bonds is 7. The van der Waals surface area contributed by atoms with Crippen molar-refractivity contribution in [3.8, 4) is 0 Å². The first-order valence-electron chi connectivity index (χ1n) is 7.56. The van der Waals surface area contributed by atoms with E-state index in [0.29, 0.717) is 17.5 Å². The van der Waals surface area contributed by atoms with Crippen LogP contribution >= 0.6 is 0 Å². The molecule has 0 aromatic carbocycles. The molecule has 0 saturated carbocycles. The normalized spacial score (nSPS) is 25.3. The predicted molar refractivity (Wildman–Crippen MR) is 78.0 cm³/mol. The molecule has 0 radical (unpaired) electrons. The fourth-order valence-corrected chi connectivity index (χ4v) is 2.51. The molecule has 1 heterocycles. The third-order valence-electron chi connectivity index (χ3n) is 4.20. The molecule has 1 N–H and O–H groups in total. The third-order valence-corrected chi connectivity index (χ3v) is 4.20. The number of hydrogen-bond acceptors (Lipinski definition) is 3. The van der Waals surface area contributed by atoms with Crippen molar-refractivity contribution in [3.05, 3.63) is 0 Å². The van der Waals surface area contributed by atoms with Gasteiger partial charge in [0.05, 0.1) is 13.2 Å². The smallest absolute Gasteiger partial charge is 0.0622 e.